The zero-order valence-electron chi connectivity index (χ0n) is 8.06. The number of furan rings is 1. The summed E-state index contributed by atoms with van der Waals surface area (Å²) >= 11 is 0. The van der Waals surface area contributed by atoms with E-state index in [2.05, 4.69) is 4.98 Å². The highest BCUT2D eigenvalue weighted by Gasteiger charge is 2.15. The Balaban J connectivity index is 2.36. The highest BCUT2D eigenvalue weighted by Crippen LogP contribution is 2.24. The summed E-state index contributed by atoms with van der Waals surface area (Å²) in [5.41, 5.74) is 0.560. The van der Waals surface area contributed by atoms with Gasteiger partial charge in [-0.2, -0.15) is 0 Å². The molecule has 2 aromatic heterocycles. The van der Waals surface area contributed by atoms with Crippen molar-refractivity contribution < 1.29 is 18.7 Å². The Hall–Kier alpha value is -2.04. The van der Waals surface area contributed by atoms with Crippen molar-refractivity contribution in [1.82, 2.24) is 4.98 Å². The van der Waals surface area contributed by atoms with Gasteiger partial charge in [-0.05, 0) is 13.0 Å². The third-order valence-electron chi connectivity index (χ3n) is 1.90. The van der Waals surface area contributed by atoms with Crippen LogP contribution in [0.4, 0.5) is 0 Å². The Bertz CT molecular complexity index is 483. The lowest BCUT2D eigenvalue weighted by atomic mass is 10.2. The summed E-state index contributed by atoms with van der Waals surface area (Å²) in [7, 11) is 0. The molecule has 0 aliphatic rings. The van der Waals surface area contributed by atoms with Gasteiger partial charge in [-0.3, -0.25) is 4.79 Å². The molecule has 5 heteroatoms. The SMILES string of the molecule is Cc1cnc(-c2occc2CC(=O)O)o1. The molecule has 0 aromatic carbocycles. The van der Waals surface area contributed by atoms with Gasteiger partial charge in [-0.25, -0.2) is 4.98 Å². The molecule has 0 saturated heterocycles. The van der Waals surface area contributed by atoms with Gasteiger partial charge in [0.1, 0.15) is 5.76 Å². The van der Waals surface area contributed by atoms with E-state index in [1.54, 1.807) is 19.2 Å². The van der Waals surface area contributed by atoms with Crippen molar-refractivity contribution in [2.24, 2.45) is 0 Å². The molecule has 0 amide bonds. The molecular weight excluding hydrogens is 198 g/mol. The molecule has 2 heterocycles. The highest BCUT2D eigenvalue weighted by atomic mass is 16.4. The van der Waals surface area contributed by atoms with Crippen molar-refractivity contribution in [3.8, 4) is 11.7 Å². The van der Waals surface area contributed by atoms with Crippen LogP contribution >= 0.6 is 0 Å². The molecule has 0 fully saturated rings. The number of aromatic nitrogens is 1. The molecule has 0 radical (unpaired) electrons. The van der Waals surface area contributed by atoms with E-state index in [-0.39, 0.29) is 6.42 Å². The van der Waals surface area contributed by atoms with Crippen LogP contribution in [0.1, 0.15) is 11.3 Å². The molecule has 0 atom stereocenters. The number of nitrogens with zero attached hydrogens (tertiary/aromatic N) is 1. The number of carboxylic acids is 1. The first-order valence-electron chi connectivity index (χ1n) is 4.38. The van der Waals surface area contributed by atoms with Gasteiger partial charge in [0.15, 0.2) is 5.76 Å². The average Bonchev–Trinajstić information content (AvgIpc) is 2.72. The zero-order chi connectivity index (χ0) is 10.8. The third kappa shape index (κ3) is 1.90. The summed E-state index contributed by atoms with van der Waals surface area (Å²) in [6.07, 6.45) is 2.88. The van der Waals surface area contributed by atoms with E-state index < -0.39 is 5.97 Å². The number of carbonyl (C=O) groups is 1. The van der Waals surface area contributed by atoms with Crippen LogP contribution in [-0.4, -0.2) is 16.1 Å². The molecule has 78 valence electrons. The van der Waals surface area contributed by atoms with Crippen LogP contribution in [0.5, 0.6) is 0 Å². The standard InChI is InChI=1S/C10H9NO4/c1-6-5-11-10(15-6)9-7(2-3-14-9)4-8(12)13/h2-3,5H,4H2,1H3,(H,12,13). The molecule has 2 rings (SSSR count). The fourth-order valence-corrected chi connectivity index (χ4v) is 1.29. The van der Waals surface area contributed by atoms with Crippen LogP contribution in [0.15, 0.2) is 27.4 Å². The van der Waals surface area contributed by atoms with E-state index >= 15 is 0 Å². The normalized spacial score (nSPS) is 10.5. The maximum Gasteiger partial charge on any atom is 0.307 e. The van der Waals surface area contributed by atoms with E-state index in [1.165, 1.54) is 6.26 Å². The predicted molar refractivity (Wildman–Crippen MR) is 50.3 cm³/mol. The molecule has 0 aliphatic carbocycles. The lowest BCUT2D eigenvalue weighted by molar-refractivity contribution is -0.136. The molecule has 0 spiro atoms. The van der Waals surface area contributed by atoms with Gasteiger partial charge < -0.3 is 13.9 Å². The number of carboxylic acid groups (broad SMARTS) is 1. The van der Waals surface area contributed by atoms with Crippen molar-refractivity contribution in [2.75, 3.05) is 0 Å². The summed E-state index contributed by atoms with van der Waals surface area (Å²) in [5, 5.41) is 8.67. The Morgan fingerprint density at radius 3 is 3.00 bits per heavy atom. The highest BCUT2D eigenvalue weighted by molar-refractivity contribution is 5.72. The first-order chi connectivity index (χ1) is 7.16. The molecule has 1 N–H and O–H groups in total. The molecule has 15 heavy (non-hydrogen) atoms. The number of hydrogen-bond acceptors (Lipinski definition) is 4. The summed E-state index contributed by atoms with van der Waals surface area (Å²) in [4.78, 5) is 14.5. The number of rotatable bonds is 3. The van der Waals surface area contributed by atoms with E-state index in [0.29, 0.717) is 23.0 Å². The topological polar surface area (TPSA) is 76.5 Å². The number of oxazole rings is 1. The van der Waals surface area contributed by atoms with Gasteiger partial charge in [-0.1, -0.05) is 0 Å². The molecule has 5 nitrogen and oxygen atoms in total. The molecule has 0 unspecified atom stereocenters. The third-order valence-corrected chi connectivity index (χ3v) is 1.90. The van der Waals surface area contributed by atoms with Crippen molar-refractivity contribution in [2.45, 2.75) is 13.3 Å². The van der Waals surface area contributed by atoms with Crippen molar-refractivity contribution in [3.05, 3.63) is 29.9 Å². The minimum Gasteiger partial charge on any atom is -0.481 e. The molecule has 0 bridgehead atoms. The van der Waals surface area contributed by atoms with E-state index in [0.717, 1.165) is 0 Å². The van der Waals surface area contributed by atoms with Crippen LogP contribution in [0, 0.1) is 6.92 Å². The summed E-state index contributed by atoms with van der Waals surface area (Å²) in [6, 6.07) is 1.60. The quantitative estimate of drug-likeness (QED) is 0.831. The lowest BCUT2D eigenvalue weighted by Gasteiger charge is -1.94. The zero-order valence-corrected chi connectivity index (χ0v) is 8.06. The van der Waals surface area contributed by atoms with Gasteiger partial charge >= 0.3 is 5.97 Å². The summed E-state index contributed by atoms with van der Waals surface area (Å²) < 4.78 is 10.4. The van der Waals surface area contributed by atoms with E-state index in [4.69, 9.17) is 13.9 Å². The Morgan fingerprint density at radius 1 is 1.60 bits per heavy atom. The van der Waals surface area contributed by atoms with Gasteiger partial charge in [0.05, 0.1) is 18.9 Å². The number of hydrogen-bond donors (Lipinski definition) is 1. The van der Waals surface area contributed by atoms with Crippen LogP contribution in [-0.2, 0) is 11.2 Å². The minimum atomic E-state index is -0.916. The Morgan fingerprint density at radius 2 is 2.40 bits per heavy atom. The van der Waals surface area contributed by atoms with Gasteiger partial charge in [0.25, 0.3) is 5.89 Å². The van der Waals surface area contributed by atoms with Crippen LogP contribution < -0.4 is 0 Å². The first-order valence-corrected chi connectivity index (χ1v) is 4.38. The van der Waals surface area contributed by atoms with Crippen molar-refractivity contribution in [3.63, 3.8) is 0 Å². The van der Waals surface area contributed by atoms with Gasteiger partial charge in [0, 0.05) is 5.56 Å². The fourth-order valence-electron chi connectivity index (χ4n) is 1.29. The Kier molecular flexibility index (Phi) is 2.29. The molecular formula is C10H9NO4. The molecule has 0 saturated carbocycles. The van der Waals surface area contributed by atoms with E-state index in [9.17, 15) is 4.79 Å². The molecule has 0 aliphatic heterocycles. The monoisotopic (exact) mass is 207 g/mol. The maximum absolute atomic E-state index is 10.6. The van der Waals surface area contributed by atoms with Crippen molar-refractivity contribution >= 4 is 5.97 Å². The van der Waals surface area contributed by atoms with E-state index in [1.807, 2.05) is 0 Å². The fraction of sp³-hybridized carbons (Fsp3) is 0.200. The summed E-state index contributed by atoms with van der Waals surface area (Å²) in [5.74, 6) is 0.433. The second-order valence-corrected chi connectivity index (χ2v) is 3.12. The van der Waals surface area contributed by atoms with Gasteiger partial charge in [-0.15, -0.1) is 0 Å². The Labute approximate surface area is 85.3 Å². The lowest BCUT2D eigenvalue weighted by Crippen LogP contribution is -1.99. The average molecular weight is 207 g/mol. The summed E-state index contributed by atoms with van der Waals surface area (Å²) in [6.45, 7) is 1.76. The minimum absolute atomic E-state index is 0.104. The number of aliphatic carboxylic acids is 1. The van der Waals surface area contributed by atoms with Crippen LogP contribution in [0.2, 0.25) is 0 Å². The maximum atomic E-state index is 10.6. The smallest absolute Gasteiger partial charge is 0.307 e. The second-order valence-electron chi connectivity index (χ2n) is 3.12. The van der Waals surface area contributed by atoms with Crippen molar-refractivity contribution in [1.29, 1.82) is 0 Å². The molecule has 2 aromatic rings. The number of aryl methyl sites for hydroxylation is 1. The first kappa shape index (κ1) is 9.51. The largest absolute Gasteiger partial charge is 0.481 e. The second kappa shape index (κ2) is 3.61. The van der Waals surface area contributed by atoms with Crippen LogP contribution in [0.25, 0.3) is 11.7 Å². The van der Waals surface area contributed by atoms with Crippen LogP contribution in [0.3, 0.4) is 0 Å². The van der Waals surface area contributed by atoms with Gasteiger partial charge in [0.2, 0.25) is 0 Å². The predicted octanol–water partition coefficient (Wildman–Crippen LogP) is 1.87.